The van der Waals surface area contributed by atoms with Crippen LogP contribution in [0.15, 0.2) is 36.4 Å². The smallest absolute Gasteiger partial charge is 0.252 e. The molecule has 25 heavy (non-hydrogen) atoms. The van der Waals surface area contributed by atoms with Crippen LogP contribution in [0.5, 0.6) is 0 Å². The van der Waals surface area contributed by atoms with Gasteiger partial charge >= 0.3 is 0 Å². The molecule has 1 atom stereocenters. The molecule has 1 aliphatic heterocycles. The van der Waals surface area contributed by atoms with Crippen molar-refractivity contribution in [1.82, 2.24) is 5.32 Å². The predicted molar refractivity (Wildman–Crippen MR) is 100 cm³/mol. The van der Waals surface area contributed by atoms with Crippen molar-refractivity contribution in [2.75, 3.05) is 11.4 Å². The van der Waals surface area contributed by atoms with Gasteiger partial charge in [-0.3, -0.25) is 9.59 Å². The third-order valence-corrected chi connectivity index (χ3v) is 4.66. The van der Waals surface area contributed by atoms with E-state index >= 15 is 0 Å². The molecule has 4 nitrogen and oxygen atoms in total. The summed E-state index contributed by atoms with van der Waals surface area (Å²) in [5.74, 6) is -0.221. The highest BCUT2D eigenvalue weighted by Gasteiger charge is 2.34. The van der Waals surface area contributed by atoms with E-state index in [0.29, 0.717) is 18.5 Å². The molecule has 0 unspecified atom stereocenters. The Morgan fingerprint density at radius 2 is 1.68 bits per heavy atom. The van der Waals surface area contributed by atoms with Crippen molar-refractivity contribution in [3.05, 3.63) is 64.2 Å². The number of hydrogen-bond acceptors (Lipinski definition) is 2. The Morgan fingerprint density at radius 1 is 1.00 bits per heavy atom. The van der Waals surface area contributed by atoms with Gasteiger partial charge in [0.2, 0.25) is 5.91 Å². The molecule has 2 aromatic carbocycles. The third kappa shape index (κ3) is 3.58. The van der Waals surface area contributed by atoms with Crippen LogP contribution in [-0.2, 0) is 4.79 Å². The fraction of sp³-hybridized carbons (Fsp3) is 0.333. The Labute approximate surface area is 148 Å². The van der Waals surface area contributed by atoms with E-state index in [-0.39, 0.29) is 11.8 Å². The zero-order valence-electron chi connectivity index (χ0n) is 15.2. The molecule has 0 saturated carbocycles. The van der Waals surface area contributed by atoms with Crippen molar-refractivity contribution in [3.8, 4) is 0 Å². The van der Waals surface area contributed by atoms with Crippen LogP contribution in [0.3, 0.4) is 0 Å². The first-order valence-corrected chi connectivity index (χ1v) is 8.63. The summed E-state index contributed by atoms with van der Waals surface area (Å²) in [5, 5.41) is 2.90. The van der Waals surface area contributed by atoms with Gasteiger partial charge in [0.05, 0.1) is 0 Å². The largest absolute Gasteiger partial charge is 0.340 e. The van der Waals surface area contributed by atoms with Crippen LogP contribution in [-0.4, -0.2) is 24.4 Å². The van der Waals surface area contributed by atoms with E-state index in [1.807, 2.05) is 58.0 Å². The van der Waals surface area contributed by atoms with E-state index in [9.17, 15) is 9.59 Å². The number of hydrogen-bond donors (Lipinski definition) is 1. The monoisotopic (exact) mass is 336 g/mol. The summed E-state index contributed by atoms with van der Waals surface area (Å²) < 4.78 is 0. The quantitative estimate of drug-likeness (QED) is 0.933. The molecule has 0 bridgehead atoms. The zero-order valence-corrected chi connectivity index (χ0v) is 15.2. The number of rotatable bonds is 3. The highest BCUT2D eigenvalue weighted by molar-refractivity contribution is 6.04. The van der Waals surface area contributed by atoms with Gasteiger partial charge in [0.1, 0.15) is 6.04 Å². The minimum absolute atomic E-state index is 0.0388. The Kier molecular flexibility index (Phi) is 4.62. The zero-order chi connectivity index (χ0) is 18.1. The van der Waals surface area contributed by atoms with Gasteiger partial charge in [-0.1, -0.05) is 23.8 Å². The van der Waals surface area contributed by atoms with Gasteiger partial charge in [0.15, 0.2) is 0 Å². The van der Waals surface area contributed by atoms with Crippen LogP contribution < -0.4 is 10.2 Å². The minimum Gasteiger partial charge on any atom is -0.340 e. The SMILES string of the molecule is Cc1cc(C)cc(N2CC[C@H](NC(=O)c3ccc(C)cc3C)C2=O)c1. The number of carbonyl (C=O) groups excluding carboxylic acids is 2. The molecule has 1 fully saturated rings. The lowest BCUT2D eigenvalue weighted by atomic mass is 10.0. The van der Waals surface area contributed by atoms with Gasteiger partial charge in [-0.25, -0.2) is 0 Å². The van der Waals surface area contributed by atoms with Gasteiger partial charge in [-0.05, 0) is 69.0 Å². The number of nitrogens with one attached hydrogen (secondary N) is 1. The van der Waals surface area contributed by atoms with Crippen LogP contribution in [0, 0.1) is 27.7 Å². The first-order valence-electron chi connectivity index (χ1n) is 8.63. The maximum absolute atomic E-state index is 12.7. The minimum atomic E-state index is -0.464. The maximum Gasteiger partial charge on any atom is 0.252 e. The number of nitrogens with zero attached hydrogens (tertiary/aromatic N) is 1. The summed E-state index contributed by atoms with van der Waals surface area (Å²) in [7, 11) is 0. The molecule has 0 aliphatic carbocycles. The van der Waals surface area contributed by atoms with Crippen molar-refractivity contribution < 1.29 is 9.59 Å². The molecule has 1 N–H and O–H groups in total. The van der Waals surface area contributed by atoms with Crippen LogP contribution in [0.25, 0.3) is 0 Å². The standard InChI is InChI=1S/C21H24N2O2/c1-13-5-6-18(16(4)10-13)20(24)22-19-7-8-23(21(19)25)17-11-14(2)9-15(3)12-17/h5-6,9-12,19H,7-8H2,1-4H3,(H,22,24)/t19-/m0/s1. The molecule has 2 aromatic rings. The van der Waals surface area contributed by atoms with E-state index < -0.39 is 6.04 Å². The van der Waals surface area contributed by atoms with Crippen molar-refractivity contribution in [3.63, 3.8) is 0 Å². The number of benzene rings is 2. The summed E-state index contributed by atoms with van der Waals surface area (Å²) in [6, 6.07) is 11.4. The van der Waals surface area contributed by atoms with Gasteiger partial charge in [-0.15, -0.1) is 0 Å². The molecule has 3 rings (SSSR count). The van der Waals surface area contributed by atoms with Crippen molar-refractivity contribution >= 4 is 17.5 Å². The van der Waals surface area contributed by atoms with Crippen LogP contribution >= 0.6 is 0 Å². The van der Waals surface area contributed by atoms with Crippen molar-refractivity contribution in [2.45, 2.75) is 40.2 Å². The summed E-state index contributed by atoms with van der Waals surface area (Å²) in [6.07, 6.45) is 0.627. The molecule has 1 aliphatic rings. The van der Waals surface area contributed by atoms with Crippen molar-refractivity contribution in [2.24, 2.45) is 0 Å². The van der Waals surface area contributed by atoms with Gasteiger partial charge in [0, 0.05) is 17.8 Å². The van der Waals surface area contributed by atoms with Crippen LogP contribution in [0.4, 0.5) is 5.69 Å². The second-order valence-corrected chi connectivity index (χ2v) is 6.97. The van der Waals surface area contributed by atoms with Gasteiger partial charge in [-0.2, -0.15) is 0 Å². The number of carbonyl (C=O) groups is 2. The molecular weight excluding hydrogens is 312 g/mol. The second kappa shape index (κ2) is 6.71. The fourth-order valence-electron chi connectivity index (χ4n) is 3.48. The van der Waals surface area contributed by atoms with Crippen molar-refractivity contribution in [1.29, 1.82) is 0 Å². The summed E-state index contributed by atoms with van der Waals surface area (Å²) in [5.41, 5.74) is 5.84. The molecule has 0 radical (unpaired) electrons. The Bertz CT molecular complexity index is 822. The molecule has 1 heterocycles. The Balaban J connectivity index is 1.74. The lowest BCUT2D eigenvalue weighted by molar-refractivity contribution is -0.118. The maximum atomic E-state index is 12.7. The highest BCUT2D eigenvalue weighted by atomic mass is 16.2. The Morgan fingerprint density at radius 3 is 2.32 bits per heavy atom. The number of amides is 2. The molecule has 130 valence electrons. The predicted octanol–water partition coefficient (Wildman–Crippen LogP) is 3.46. The van der Waals surface area contributed by atoms with E-state index in [1.165, 1.54) is 0 Å². The van der Waals surface area contributed by atoms with E-state index in [2.05, 4.69) is 11.4 Å². The third-order valence-electron chi connectivity index (χ3n) is 4.66. The van der Waals surface area contributed by atoms with Gasteiger partial charge in [0.25, 0.3) is 5.91 Å². The normalized spacial score (nSPS) is 17.0. The Hall–Kier alpha value is -2.62. The molecule has 2 amide bonds. The first-order chi connectivity index (χ1) is 11.8. The fourth-order valence-corrected chi connectivity index (χ4v) is 3.48. The molecular formula is C21H24N2O2. The number of aryl methyl sites for hydroxylation is 4. The molecule has 1 saturated heterocycles. The molecule has 0 aromatic heterocycles. The number of anilines is 1. The highest BCUT2D eigenvalue weighted by Crippen LogP contribution is 2.24. The van der Waals surface area contributed by atoms with E-state index in [0.717, 1.165) is 27.9 Å². The van der Waals surface area contributed by atoms with Crippen LogP contribution in [0.2, 0.25) is 0 Å². The topological polar surface area (TPSA) is 49.4 Å². The van der Waals surface area contributed by atoms with E-state index in [1.54, 1.807) is 4.90 Å². The average Bonchev–Trinajstić information content (AvgIpc) is 2.87. The molecule has 4 heteroatoms. The lowest BCUT2D eigenvalue weighted by Crippen LogP contribution is -2.41. The van der Waals surface area contributed by atoms with E-state index in [4.69, 9.17) is 0 Å². The summed E-state index contributed by atoms with van der Waals surface area (Å²) in [6.45, 7) is 8.59. The second-order valence-electron chi connectivity index (χ2n) is 6.97. The first kappa shape index (κ1) is 17.2. The van der Waals surface area contributed by atoms with Gasteiger partial charge < -0.3 is 10.2 Å². The summed E-state index contributed by atoms with van der Waals surface area (Å²) in [4.78, 5) is 27.1. The lowest BCUT2D eigenvalue weighted by Gasteiger charge is -2.19. The average molecular weight is 336 g/mol. The molecule has 0 spiro atoms. The van der Waals surface area contributed by atoms with Crippen LogP contribution in [0.1, 0.15) is 39.0 Å². The summed E-state index contributed by atoms with van der Waals surface area (Å²) >= 11 is 0.